The van der Waals surface area contributed by atoms with Crippen LogP contribution in [0.4, 0.5) is 5.69 Å². The van der Waals surface area contributed by atoms with Crippen LogP contribution in [0, 0.1) is 0 Å². The molecule has 0 aromatic heterocycles. The van der Waals surface area contributed by atoms with E-state index in [1.807, 2.05) is 31.3 Å². The highest BCUT2D eigenvalue weighted by molar-refractivity contribution is 7.80. The third-order valence-electron chi connectivity index (χ3n) is 3.74. The summed E-state index contributed by atoms with van der Waals surface area (Å²) >= 11 is 5.09. The van der Waals surface area contributed by atoms with Crippen LogP contribution in [0.5, 0.6) is 0 Å². The summed E-state index contributed by atoms with van der Waals surface area (Å²) in [6, 6.07) is 8.01. The van der Waals surface area contributed by atoms with Crippen molar-refractivity contribution in [3.05, 3.63) is 29.8 Å². The summed E-state index contributed by atoms with van der Waals surface area (Å²) in [4.78, 5) is 2.53. The Morgan fingerprint density at radius 2 is 2.00 bits per heavy atom. The Morgan fingerprint density at radius 3 is 2.67 bits per heavy atom. The maximum absolute atomic E-state index is 10.1. The van der Waals surface area contributed by atoms with Crippen molar-refractivity contribution in [2.45, 2.75) is 37.8 Å². The van der Waals surface area contributed by atoms with Crippen molar-refractivity contribution in [3.63, 3.8) is 0 Å². The van der Waals surface area contributed by atoms with E-state index < -0.39 is 0 Å². The maximum atomic E-state index is 10.1. The van der Waals surface area contributed by atoms with Gasteiger partial charge in [-0.15, -0.1) is 0 Å². The lowest BCUT2D eigenvalue weighted by Crippen LogP contribution is -2.44. The molecule has 2 rings (SSSR count). The summed E-state index contributed by atoms with van der Waals surface area (Å²) in [6.07, 6.45) is 3.92. The number of aliphatic hydroxyl groups excluding tert-OH is 1. The summed E-state index contributed by atoms with van der Waals surface area (Å²) in [7, 11) is 2.01. The van der Waals surface area contributed by atoms with Gasteiger partial charge in [-0.2, -0.15) is 0 Å². The van der Waals surface area contributed by atoms with Gasteiger partial charge in [-0.05, 0) is 25.0 Å². The van der Waals surface area contributed by atoms with Crippen LogP contribution in [0.15, 0.2) is 24.3 Å². The fraction of sp³-hybridized carbons (Fsp3) is 0.500. The van der Waals surface area contributed by atoms with Gasteiger partial charge in [0, 0.05) is 18.3 Å². The number of nitrogens with zero attached hydrogens (tertiary/aromatic N) is 1. The number of nitrogens with two attached hydrogens (primary N) is 1. The Hall–Kier alpha value is -1.13. The van der Waals surface area contributed by atoms with Gasteiger partial charge in [0.2, 0.25) is 0 Å². The summed E-state index contributed by atoms with van der Waals surface area (Å²) in [6.45, 7) is 0. The molecule has 2 unspecified atom stereocenters. The van der Waals surface area contributed by atoms with Crippen LogP contribution < -0.4 is 10.6 Å². The average Bonchev–Trinajstić information content (AvgIpc) is 2.38. The van der Waals surface area contributed by atoms with E-state index in [9.17, 15) is 5.11 Å². The van der Waals surface area contributed by atoms with E-state index in [2.05, 4.69) is 4.90 Å². The Labute approximate surface area is 114 Å². The Bertz CT molecular complexity index is 436. The molecule has 4 heteroatoms. The van der Waals surface area contributed by atoms with Crippen molar-refractivity contribution in [2.24, 2.45) is 5.73 Å². The minimum atomic E-state index is -0.261. The van der Waals surface area contributed by atoms with Gasteiger partial charge in [0.15, 0.2) is 0 Å². The van der Waals surface area contributed by atoms with Crippen LogP contribution in [0.25, 0.3) is 0 Å². The predicted octanol–water partition coefficient (Wildman–Crippen LogP) is 2.06. The fourth-order valence-corrected chi connectivity index (χ4v) is 2.88. The monoisotopic (exact) mass is 264 g/mol. The van der Waals surface area contributed by atoms with E-state index in [4.69, 9.17) is 18.0 Å². The van der Waals surface area contributed by atoms with E-state index in [1.165, 1.54) is 6.42 Å². The number of aliphatic hydroxyl groups is 1. The molecule has 1 fully saturated rings. The van der Waals surface area contributed by atoms with Crippen LogP contribution in [0.1, 0.15) is 31.2 Å². The topological polar surface area (TPSA) is 49.5 Å². The highest BCUT2D eigenvalue weighted by Gasteiger charge is 2.27. The highest BCUT2D eigenvalue weighted by Crippen LogP contribution is 2.28. The van der Waals surface area contributed by atoms with E-state index >= 15 is 0 Å². The molecule has 0 aliphatic heterocycles. The molecule has 3 nitrogen and oxygen atoms in total. The van der Waals surface area contributed by atoms with E-state index in [-0.39, 0.29) is 12.1 Å². The zero-order chi connectivity index (χ0) is 13.1. The Kier molecular flexibility index (Phi) is 4.19. The SMILES string of the molecule is CN(c1ccccc1C(N)=S)C1CCCCC1O. The van der Waals surface area contributed by atoms with Gasteiger partial charge < -0.3 is 15.7 Å². The zero-order valence-electron chi connectivity index (χ0n) is 10.7. The van der Waals surface area contributed by atoms with Crippen LogP contribution >= 0.6 is 12.2 Å². The van der Waals surface area contributed by atoms with E-state index in [1.54, 1.807) is 0 Å². The lowest BCUT2D eigenvalue weighted by atomic mass is 9.91. The molecule has 98 valence electrons. The molecular formula is C14H20N2OS. The molecule has 0 spiro atoms. The first kappa shape index (κ1) is 13.3. The van der Waals surface area contributed by atoms with Crippen molar-refractivity contribution in [3.8, 4) is 0 Å². The minimum Gasteiger partial charge on any atom is -0.391 e. The van der Waals surface area contributed by atoms with Gasteiger partial charge in [-0.25, -0.2) is 0 Å². The van der Waals surface area contributed by atoms with Crippen molar-refractivity contribution < 1.29 is 5.11 Å². The Morgan fingerprint density at radius 1 is 1.33 bits per heavy atom. The summed E-state index contributed by atoms with van der Waals surface area (Å²) in [5.74, 6) is 0. The summed E-state index contributed by atoms with van der Waals surface area (Å²) < 4.78 is 0. The third-order valence-corrected chi connectivity index (χ3v) is 3.96. The molecule has 0 saturated heterocycles. The number of rotatable bonds is 3. The fourth-order valence-electron chi connectivity index (χ4n) is 2.71. The summed E-state index contributed by atoms with van der Waals surface area (Å²) in [5, 5.41) is 10.1. The lowest BCUT2D eigenvalue weighted by Gasteiger charge is -2.37. The lowest BCUT2D eigenvalue weighted by molar-refractivity contribution is 0.106. The van der Waals surface area contributed by atoms with Gasteiger partial charge in [-0.3, -0.25) is 0 Å². The number of likely N-dealkylation sites (N-methyl/N-ethyl adjacent to an activating group) is 1. The first-order chi connectivity index (χ1) is 8.61. The minimum absolute atomic E-state index is 0.161. The predicted molar refractivity (Wildman–Crippen MR) is 79.0 cm³/mol. The number of benzene rings is 1. The molecule has 0 bridgehead atoms. The number of hydrogen-bond donors (Lipinski definition) is 2. The zero-order valence-corrected chi connectivity index (χ0v) is 11.5. The Balaban J connectivity index is 2.27. The smallest absolute Gasteiger partial charge is 0.106 e. The third kappa shape index (κ3) is 2.65. The second-order valence-corrected chi connectivity index (χ2v) is 5.35. The van der Waals surface area contributed by atoms with Crippen LogP contribution in [0.2, 0.25) is 0 Å². The molecule has 1 aromatic carbocycles. The van der Waals surface area contributed by atoms with Crippen molar-refractivity contribution in [2.75, 3.05) is 11.9 Å². The molecule has 1 aliphatic carbocycles. The molecule has 0 amide bonds. The quantitative estimate of drug-likeness (QED) is 0.821. The molecule has 3 N–H and O–H groups in total. The highest BCUT2D eigenvalue weighted by atomic mass is 32.1. The molecular weight excluding hydrogens is 244 g/mol. The number of hydrogen-bond acceptors (Lipinski definition) is 3. The average molecular weight is 264 g/mol. The van der Waals surface area contributed by atoms with Crippen LogP contribution in [-0.2, 0) is 0 Å². The molecule has 1 aliphatic rings. The maximum Gasteiger partial charge on any atom is 0.106 e. The van der Waals surface area contributed by atoms with Crippen molar-refractivity contribution in [1.82, 2.24) is 0 Å². The van der Waals surface area contributed by atoms with Crippen molar-refractivity contribution in [1.29, 1.82) is 0 Å². The van der Waals surface area contributed by atoms with Gasteiger partial charge in [0.05, 0.1) is 12.1 Å². The molecule has 0 radical (unpaired) electrons. The van der Waals surface area contributed by atoms with Crippen molar-refractivity contribution >= 4 is 22.9 Å². The number of anilines is 1. The van der Waals surface area contributed by atoms with Crippen LogP contribution in [-0.4, -0.2) is 29.3 Å². The second kappa shape index (κ2) is 5.67. The van der Waals surface area contributed by atoms with Gasteiger partial charge in [0.1, 0.15) is 4.99 Å². The van der Waals surface area contributed by atoms with Gasteiger partial charge in [-0.1, -0.05) is 37.2 Å². The largest absolute Gasteiger partial charge is 0.391 e. The normalized spacial score (nSPS) is 23.7. The standard InChI is InChI=1S/C14H20N2OS/c1-16(12-8-4-5-9-13(12)17)11-7-3-2-6-10(11)14(15)18/h2-3,6-7,12-13,17H,4-5,8-9H2,1H3,(H2,15,18). The molecule has 1 aromatic rings. The van der Waals surface area contributed by atoms with Gasteiger partial charge >= 0.3 is 0 Å². The first-order valence-electron chi connectivity index (χ1n) is 6.41. The molecule has 1 saturated carbocycles. The molecule has 2 atom stereocenters. The van der Waals surface area contributed by atoms with E-state index in [0.29, 0.717) is 4.99 Å². The van der Waals surface area contributed by atoms with Gasteiger partial charge in [0.25, 0.3) is 0 Å². The molecule has 18 heavy (non-hydrogen) atoms. The second-order valence-electron chi connectivity index (χ2n) is 4.91. The summed E-state index contributed by atoms with van der Waals surface area (Å²) in [5.41, 5.74) is 7.65. The van der Waals surface area contributed by atoms with Crippen LogP contribution in [0.3, 0.4) is 0 Å². The first-order valence-corrected chi connectivity index (χ1v) is 6.82. The number of para-hydroxylation sites is 1. The number of thiocarbonyl (C=S) groups is 1. The van der Waals surface area contributed by atoms with E-state index in [0.717, 1.165) is 30.5 Å². The molecule has 0 heterocycles.